The molecule has 1 fully saturated rings. The zero-order chi connectivity index (χ0) is 19.9. The first kappa shape index (κ1) is 19.1. The Balaban J connectivity index is 1.70. The highest BCUT2D eigenvalue weighted by Crippen LogP contribution is 2.49. The molecular formula is C20H19ClF3N3O. The van der Waals surface area contributed by atoms with Crippen LogP contribution in [0, 0.1) is 0 Å². The summed E-state index contributed by atoms with van der Waals surface area (Å²) in [5.74, 6) is 0.443. The van der Waals surface area contributed by atoms with Gasteiger partial charge in [-0.25, -0.2) is 0 Å². The molecule has 2 aromatic rings. The van der Waals surface area contributed by atoms with E-state index in [4.69, 9.17) is 11.6 Å². The number of hydrogen-bond acceptors (Lipinski definition) is 3. The number of nitrogens with zero attached hydrogens (tertiary/aromatic N) is 3. The first-order valence-electron chi connectivity index (χ1n) is 9.08. The quantitative estimate of drug-likeness (QED) is 0.678. The van der Waals surface area contributed by atoms with Crippen LogP contribution in [0.2, 0.25) is 5.02 Å². The number of halogens is 4. The van der Waals surface area contributed by atoms with E-state index in [0.29, 0.717) is 17.3 Å². The van der Waals surface area contributed by atoms with E-state index in [-0.39, 0.29) is 11.2 Å². The molecule has 1 heterocycles. The number of aromatic nitrogens is 3. The van der Waals surface area contributed by atoms with Gasteiger partial charge in [0.25, 0.3) is 0 Å². The van der Waals surface area contributed by atoms with Gasteiger partial charge in [0.05, 0.1) is 11.3 Å². The van der Waals surface area contributed by atoms with Gasteiger partial charge in [0.15, 0.2) is 0 Å². The molecule has 2 aliphatic carbocycles. The minimum atomic E-state index is -4.74. The lowest BCUT2D eigenvalue weighted by molar-refractivity contribution is -0.307. The fourth-order valence-corrected chi connectivity index (χ4v) is 4.21. The van der Waals surface area contributed by atoms with Crippen LogP contribution in [0.4, 0.5) is 13.2 Å². The second-order valence-corrected chi connectivity index (χ2v) is 7.65. The van der Waals surface area contributed by atoms with Gasteiger partial charge in [0.2, 0.25) is 0 Å². The van der Waals surface area contributed by atoms with Gasteiger partial charge in [0.1, 0.15) is 17.4 Å². The molecule has 0 amide bonds. The van der Waals surface area contributed by atoms with Crippen LogP contribution < -0.4 is 0 Å². The first-order chi connectivity index (χ1) is 13.3. The Hall–Kier alpha value is -2.28. The third-order valence-corrected chi connectivity index (χ3v) is 5.85. The van der Waals surface area contributed by atoms with Crippen LogP contribution in [0.15, 0.2) is 48.3 Å². The smallest absolute Gasteiger partial charge is 0.410 e. The molecule has 1 aromatic heterocycles. The second-order valence-electron chi connectivity index (χ2n) is 7.22. The summed E-state index contributed by atoms with van der Waals surface area (Å²) in [5.41, 5.74) is 0.806. The standard InChI is InChI=1S/C20H19ClF3N3O/c1-27-17(15-5-2-3-6-16(15)28-20(22,23)24)25-26-18(27)19(11-4-12-19)13-7-9-14(21)10-8-13/h2-3,6-10,15H,4-5,11-12H2,1H3. The number of allylic oxidation sites excluding steroid dienone is 4. The molecule has 8 heteroatoms. The Bertz CT molecular complexity index is 927. The number of benzene rings is 1. The normalized spacial score (nSPS) is 21.2. The van der Waals surface area contributed by atoms with Crippen LogP contribution in [0.1, 0.15) is 48.8 Å². The van der Waals surface area contributed by atoms with Gasteiger partial charge in [0, 0.05) is 12.1 Å². The molecule has 0 radical (unpaired) electrons. The van der Waals surface area contributed by atoms with E-state index in [1.54, 1.807) is 12.2 Å². The van der Waals surface area contributed by atoms with Gasteiger partial charge >= 0.3 is 6.36 Å². The van der Waals surface area contributed by atoms with E-state index in [1.807, 2.05) is 35.9 Å². The molecule has 0 aliphatic heterocycles. The van der Waals surface area contributed by atoms with Crippen molar-refractivity contribution in [2.75, 3.05) is 0 Å². The Morgan fingerprint density at radius 2 is 1.89 bits per heavy atom. The van der Waals surface area contributed by atoms with Crippen LogP contribution in [-0.4, -0.2) is 21.1 Å². The van der Waals surface area contributed by atoms with Crippen molar-refractivity contribution in [2.45, 2.75) is 43.4 Å². The maximum atomic E-state index is 12.8. The third-order valence-electron chi connectivity index (χ3n) is 5.60. The zero-order valence-corrected chi connectivity index (χ0v) is 16.0. The van der Waals surface area contributed by atoms with Gasteiger partial charge in [-0.15, -0.1) is 23.4 Å². The molecule has 1 unspecified atom stereocenters. The minimum Gasteiger partial charge on any atom is -0.410 e. The van der Waals surface area contributed by atoms with E-state index < -0.39 is 12.3 Å². The highest BCUT2D eigenvalue weighted by molar-refractivity contribution is 6.30. The molecule has 1 atom stereocenters. The summed E-state index contributed by atoms with van der Waals surface area (Å²) in [6.07, 6.45) is 3.22. The molecular weight excluding hydrogens is 391 g/mol. The maximum absolute atomic E-state index is 12.8. The molecule has 28 heavy (non-hydrogen) atoms. The van der Waals surface area contributed by atoms with E-state index in [9.17, 15) is 13.2 Å². The Kier molecular flexibility index (Phi) is 4.73. The molecule has 1 aromatic carbocycles. The summed E-state index contributed by atoms with van der Waals surface area (Å²) in [6.45, 7) is 0. The molecule has 0 spiro atoms. The Morgan fingerprint density at radius 3 is 2.50 bits per heavy atom. The van der Waals surface area contributed by atoms with E-state index in [2.05, 4.69) is 14.9 Å². The molecule has 2 aliphatic rings. The fraction of sp³-hybridized carbons (Fsp3) is 0.400. The number of ether oxygens (including phenoxy) is 1. The Morgan fingerprint density at radius 1 is 1.18 bits per heavy atom. The van der Waals surface area contributed by atoms with Gasteiger partial charge in [-0.1, -0.05) is 42.3 Å². The highest BCUT2D eigenvalue weighted by Gasteiger charge is 2.45. The summed E-state index contributed by atoms with van der Waals surface area (Å²) in [7, 11) is 1.81. The monoisotopic (exact) mass is 409 g/mol. The fourth-order valence-electron chi connectivity index (χ4n) is 4.08. The van der Waals surface area contributed by atoms with Crippen molar-refractivity contribution in [3.63, 3.8) is 0 Å². The topological polar surface area (TPSA) is 39.9 Å². The number of hydrogen-bond donors (Lipinski definition) is 0. The number of alkyl halides is 3. The number of rotatable bonds is 4. The van der Waals surface area contributed by atoms with Gasteiger partial charge in [-0.3, -0.25) is 0 Å². The predicted molar refractivity (Wildman–Crippen MR) is 98.8 cm³/mol. The van der Waals surface area contributed by atoms with Crippen molar-refractivity contribution < 1.29 is 17.9 Å². The van der Waals surface area contributed by atoms with Crippen LogP contribution in [-0.2, 0) is 17.2 Å². The molecule has 148 valence electrons. The van der Waals surface area contributed by atoms with Gasteiger partial charge in [-0.2, -0.15) is 0 Å². The van der Waals surface area contributed by atoms with Gasteiger partial charge < -0.3 is 9.30 Å². The average Bonchev–Trinajstić information content (AvgIpc) is 2.97. The zero-order valence-electron chi connectivity index (χ0n) is 15.2. The third kappa shape index (κ3) is 3.32. The summed E-state index contributed by atoms with van der Waals surface area (Å²) < 4.78 is 44.5. The molecule has 4 nitrogen and oxygen atoms in total. The lowest BCUT2D eigenvalue weighted by Gasteiger charge is -2.41. The summed E-state index contributed by atoms with van der Waals surface area (Å²) >= 11 is 6.02. The van der Waals surface area contributed by atoms with Crippen LogP contribution >= 0.6 is 11.6 Å². The summed E-state index contributed by atoms with van der Waals surface area (Å²) in [4.78, 5) is 0. The van der Waals surface area contributed by atoms with Crippen LogP contribution in [0.5, 0.6) is 0 Å². The van der Waals surface area contributed by atoms with Crippen molar-refractivity contribution in [3.8, 4) is 0 Å². The summed E-state index contributed by atoms with van der Waals surface area (Å²) in [6, 6.07) is 7.66. The van der Waals surface area contributed by atoms with Crippen molar-refractivity contribution in [2.24, 2.45) is 7.05 Å². The van der Waals surface area contributed by atoms with Crippen LogP contribution in [0.3, 0.4) is 0 Å². The van der Waals surface area contributed by atoms with E-state index >= 15 is 0 Å². The van der Waals surface area contributed by atoms with Crippen molar-refractivity contribution in [1.82, 2.24) is 14.8 Å². The van der Waals surface area contributed by atoms with Crippen molar-refractivity contribution in [3.05, 3.63) is 70.5 Å². The maximum Gasteiger partial charge on any atom is 0.572 e. The molecule has 1 saturated carbocycles. The molecule has 0 saturated heterocycles. The minimum absolute atomic E-state index is 0.161. The highest BCUT2D eigenvalue weighted by atomic mass is 35.5. The average molecular weight is 410 g/mol. The molecule has 0 bridgehead atoms. The predicted octanol–water partition coefficient (Wildman–Crippen LogP) is 5.40. The second kappa shape index (κ2) is 6.95. The van der Waals surface area contributed by atoms with Crippen molar-refractivity contribution in [1.29, 1.82) is 0 Å². The summed E-state index contributed by atoms with van der Waals surface area (Å²) in [5, 5.41) is 9.34. The Labute approximate surface area is 165 Å². The van der Waals surface area contributed by atoms with E-state index in [0.717, 1.165) is 30.7 Å². The molecule has 4 rings (SSSR count). The first-order valence-corrected chi connectivity index (χ1v) is 9.46. The van der Waals surface area contributed by atoms with Crippen LogP contribution in [0.25, 0.3) is 0 Å². The largest absolute Gasteiger partial charge is 0.572 e. The van der Waals surface area contributed by atoms with E-state index in [1.165, 1.54) is 6.08 Å². The lowest BCUT2D eigenvalue weighted by Crippen LogP contribution is -2.38. The SMILES string of the molecule is Cn1c(C2CC=CC=C2OC(F)(F)F)nnc1C1(c2ccc(Cl)cc2)CCC1. The van der Waals surface area contributed by atoms with Gasteiger partial charge in [-0.05, 0) is 43.0 Å². The lowest BCUT2D eigenvalue weighted by atomic mass is 9.64. The molecule has 0 N–H and O–H groups in total. The van der Waals surface area contributed by atoms with Crippen molar-refractivity contribution >= 4 is 11.6 Å².